The van der Waals surface area contributed by atoms with Crippen LogP contribution in [0.1, 0.15) is 6.92 Å². The first-order chi connectivity index (χ1) is 6.00. The fourth-order valence-electron chi connectivity index (χ4n) is 0.756. The maximum Gasteiger partial charge on any atom is 0.492 e. The summed E-state index contributed by atoms with van der Waals surface area (Å²) in [6.07, 6.45) is -0.627. The van der Waals surface area contributed by atoms with Crippen LogP contribution >= 0.6 is 15.9 Å². The van der Waals surface area contributed by atoms with Gasteiger partial charge in [-0.3, -0.25) is 0 Å². The van der Waals surface area contributed by atoms with Gasteiger partial charge in [0.1, 0.15) is 0 Å². The van der Waals surface area contributed by atoms with E-state index in [1.54, 1.807) is 6.92 Å². The van der Waals surface area contributed by atoms with Gasteiger partial charge in [0.25, 0.3) is 4.73 Å². The van der Waals surface area contributed by atoms with Crippen LogP contribution in [0, 0.1) is 10.1 Å². The number of aliphatic hydroxyl groups excluding tert-OH is 1. The molecule has 0 spiro atoms. The minimum atomic E-state index is -0.691. The number of rotatable bonds is 3. The molecule has 0 aromatic carbocycles. The summed E-state index contributed by atoms with van der Waals surface area (Å²) in [6.45, 7) is 1.72. The van der Waals surface area contributed by atoms with Gasteiger partial charge in [-0.15, -0.1) is 0 Å². The molecule has 1 heterocycles. The number of hydrogen-bond donors (Lipinski definition) is 1. The van der Waals surface area contributed by atoms with Crippen molar-refractivity contribution in [3.8, 4) is 0 Å². The second-order valence-electron chi connectivity index (χ2n) is 2.47. The quantitative estimate of drug-likeness (QED) is 0.617. The molecule has 1 atom stereocenters. The lowest BCUT2D eigenvalue weighted by atomic mass is 10.4. The molecule has 7 nitrogen and oxygen atoms in total. The molecule has 1 N–H and O–H groups in total. The molecular formula is C5H7BrN4O3. The van der Waals surface area contributed by atoms with Crippen molar-refractivity contribution in [1.29, 1.82) is 0 Å². The smallest absolute Gasteiger partial charge is 0.391 e. The van der Waals surface area contributed by atoms with Crippen molar-refractivity contribution in [1.82, 2.24) is 14.8 Å². The summed E-state index contributed by atoms with van der Waals surface area (Å²) < 4.78 is 1.46. The molecule has 0 bridgehead atoms. The normalized spacial score (nSPS) is 12.8. The number of aromatic nitrogens is 3. The van der Waals surface area contributed by atoms with Crippen molar-refractivity contribution in [3.05, 3.63) is 14.8 Å². The topological polar surface area (TPSA) is 94.1 Å². The molecule has 1 unspecified atom stereocenters. The second-order valence-corrected chi connectivity index (χ2v) is 3.18. The van der Waals surface area contributed by atoms with Gasteiger partial charge in [0.15, 0.2) is 0 Å². The Hall–Kier alpha value is -1.02. The molecular weight excluding hydrogens is 244 g/mol. The Morgan fingerprint density at radius 1 is 1.85 bits per heavy atom. The third-order valence-electron chi connectivity index (χ3n) is 1.22. The molecule has 1 rings (SSSR count). The van der Waals surface area contributed by atoms with E-state index >= 15 is 0 Å². The summed E-state index contributed by atoms with van der Waals surface area (Å²) >= 11 is 2.99. The van der Waals surface area contributed by atoms with Crippen LogP contribution in [0.2, 0.25) is 0 Å². The van der Waals surface area contributed by atoms with Gasteiger partial charge in [-0.2, -0.15) is 4.68 Å². The largest absolute Gasteiger partial charge is 0.492 e. The predicted octanol–water partition coefficient (Wildman–Crippen LogP) is 0.330. The highest BCUT2D eigenvalue weighted by atomic mass is 79.9. The standard InChI is InChI=1S/C5H7BrN4O3/c1-3(11)2-9-4(6)7-5(8-9)10(12)13/h3,11H,2H2,1H3. The highest BCUT2D eigenvalue weighted by Crippen LogP contribution is 2.12. The fourth-order valence-corrected chi connectivity index (χ4v) is 1.14. The van der Waals surface area contributed by atoms with E-state index < -0.39 is 17.0 Å². The molecule has 0 aliphatic rings. The Bertz CT molecular complexity index is 324. The van der Waals surface area contributed by atoms with E-state index in [2.05, 4.69) is 26.0 Å². The summed E-state index contributed by atoms with van der Waals surface area (Å²) in [4.78, 5) is 13.1. The van der Waals surface area contributed by atoms with E-state index in [9.17, 15) is 10.1 Å². The average Bonchev–Trinajstić information content (AvgIpc) is 2.31. The highest BCUT2D eigenvalue weighted by molar-refractivity contribution is 9.10. The first-order valence-corrected chi connectivity index (χ1v) is 4.23. The van der Waals surface area contributed by atoms with E-state index in [1.807, 2.05) is 0 Å². The molecule has 72 valence electrons. The van der Waals surface area contributed by atoms with Gasteiger partial charge >= 0.3 is 5.95 Å². The van der Waals surface area contributed by atoms with Crippen LogP contribution in [0.25, 0.3) is 0 Å². The van der Waals surface area contributed by atoms with Gasteiger partial charge in [0.2, 0.25) is 0 Å². The van der Waals surface area contributed by atoms with Crippen molar-refractivity contribution in [2.45, 2.75) is 19.6 Å². The van der Waals surface area contributed by atoms with Crippen molar-refractivity contribution in [2.75, 3.05) is 0 Å². The summed E-state index contributed by atoms with van der Waals surface area (Å²) in [7, 11) is 0. The van der Waals surface area contributed by atoms with Gasteiger partial charge in [0, 0.05) is 21.0 Å². The summed E-state index contributed by atoms with van der Waals surface area (Å²) in [6, 6.07) is 0. The lowest BCUT2D eigenvalue weighted by molar-refractivity contribution is -0.394. The van der Waals surface area contributed by atoms with E-state index in [1.165, 1.54) is 4.68 Å². The lowest BCUT2D eigenvalue weighted by Crippen LogP contribution is -2.13. The molecule has 1 aromatic heterocycles. The Morgan fingerprint density at radius 3 is 2.85 bits per heavy atom. The zero-order valence-corrected chi connectivity index (χ0v) is 8.30. The molecule has 0 aliphatic carbocycles. The predicted molar refractivity (Wildman–Crippen MR) is 46.1 cm³/mol. The Balaban J connectivity index is 2.90. The Labute approximate surface area is 81.7 Å². The third kappa shape index (κ3) is 2.46. The van der Waals surface area contributed by atoms with E-state index in [0.29, 0.717) is 0 Å². The molecule has 0 amide bonds. The molecule has 1 aromatic rings. The van der Waals surface area contributed by atoms with Gasteiger partial charge in [-0.25, -0.2) is 0 Å². The number of aliphatic hydroxyl groups is 1. The summed E-state index contributed by atoms with van der Waals surface area (Å²) in [5.74, 6) is -0.479. The van der Waals surface area contributed by atoms with Crippen LogP contribution in [0.3, 0.4) is 0 Å². The number of nitro groups is 1. The van der Waals surface area contributed by atoms with Gasteiger partial charge < -0.3 is 15.2 Å². The summed E-state index contributed by atoms with van der Waals surface area (Å²) in [5, 5.41) is 22.8. The van der Waals surface area contributed by atoms with E-state index in [0.717, 1.165) is 0 Å². The highest BCUT2D eigenvalue weighted by Gasteiger charge is 2.19. The molecule has 8 heteroatoms. The lowest BCUT2D eigenvalue weighted by Gasteiger charge is -1.99. The number of halogens is 1. The van der Waals surface area contributed by atoms with E-state index in [-0.39, 0.29) is 11.3 Å². The van der Waals surface area contributed by atoms with Crippen LogP contribution in [0.4, 0.5) is 5.95 Å². The second kappa shape index (κ2) is 3.79. The monoisotopic (exact) mass is 250 g/mol. The molecule has 0 fully saturated rings. The molecule has 0 aliphatic heterocycles. The van der Waals surface area contributed by atoms with Crippen LogP contribution in [0.5, 0.6) is 0 Å². The first kappa shape index (κ1) is 10.1. The zero-order valence-electron chi connectivity index (χ0n) is 6.71. The van der Waals surface area contributed by atoms with Crippen molar-refractivity contribution in [2.24, 2.45) is 0 Å². The van der Waals surface area contributed by atoms with Crippen LogP contribution in [-0.2, 0) is 6.54 Å². The Morgan fingerprint density at radius 2 is 2.46 bits per heavy atom. The zero-order chi connectivity index (χ0) is 10.0. The van der Waals surface area contributed by atoms with Gasteiger partial charge in [0.05, 0.1) is 12.6 Å². The summed E-state index contributed by atoms with van der Waals surface area (Å²) in [5.41, 5.74) is 0. The maximum absolute atomic E-state index is 10.2. The SMILES string of the molecule is CC(O)Cn1nc([N+](=O)[O-])nc1Br. The third-order valence-corrected chi connectivity index (χ3v) is 1.80. The molecule has 0 radical (unpaired) electrons. The minimum absolute atomic E-state index is 0.168. The minimum Gasteiger partial charge on any atom is -0.391 e. The van der Waals surface area contributed by atoms with E-state index in [4.69, 9.17) is 5.11 Å². The molecule has 0 saturated heterocycles. The van der Waals surface area contributed by atoms with Crippen molar-refractivity contribution in [3.63, 3.8) is 0 Å². The van der Waals surface area contributed by atoms with Gasteiger partial charge in [-0.05, 0) is 16.8 Å². The van der Waals surface area contributed by atoms with Crippen LogP contribution in [-0.4, -0.2) is 30.9 Å². The van der Waals surface area contributed by atoms with Gasteiger partial charge in [-0.1, -0.05) is 0 Å². The fraction of sp³-hybridized carbons (Fsp3) is 0.600. The van der Waals surface area contributed by atoms with Crippen molar-refractivity contribution < 1.29 is 10.0 Å². The molecule has 0 saturated carbocycles. The van der Waals surface area contributed by atoms with Crippen molar-refractivity contribution >= 4 is 21.9 Å². The van der Waals surface area contributed by atoms with Crippen LogP contribution in [0.15, 0.2) is 4.73 Å². The van der Waals surface area contributed by atoms with Crippen LogP contribution < -0.4 is 0 Å². The molecule has 13 heavy (non-hydrogen) atoms. The number of hydrogen-bond acceptors (Lipinski definition) is 5. The first-order valence-electron chi connectivity index (χ1n) is 3.43. The number of nitrogens with zero attached hydrogens (tertiary/aromatic N) is 4. The Kier molecular flexibility index (Phi) is 2.94. The maximum atomic E-state index is 10.2. The average molecular weight is 251 g/mol.